The Hall–Kier alpha value is -3.59. The molecule has 0 atom stereocenters. The van der Waals surface area contributed by atoms with Crippen LogP contribution in [0.5, 0.6) is 17.2 Å². The van der Waals surface area contributed by atoms with E-state index in [0.717, 1.165) is 10.8 Å². The molecule has 0 aliphatic carbocycles. The molecule has 0 bridgehead atoms. The third-order valence-electron chi connectivity index (χ3n) is 4.19. The molecule has 0 aliphatic heterocycles. The standard InChI is InChI=1S/C22H19BrN2O6/c1-2-30-19-9-15(17(23)10-20(19)31-12-21(27)28)11-24-25-22(29)16-7-13-5-3-4-6-14(13)8-18(16)26/h3-11,26H,2,12H2,1H3,(H,25,29)(H,27,28). The van der Waals surface area contributed by atoms with Gasteiger partial charge in [-0.05, 0) is 57.9 Å². The van der Waals surface area contributed by atoms with Crippen molar-refractivity contribution in [2.75, 3.05) is 13.2 Å². The maximum Gasteiger partial charge on any atom is 0.341 e. The van der Waals surface area contributed by atoms with Gasteiger partial charge in [0, 0.05) is 10.0 Å². The third-order valence-corrected chi connectivity index (χ3v) is 4.88. The van der Waals surface area contributed by atoms with E-state index in [9.17, 15) is 14.7 Å². The van der Waals surface area contributed by atoms with Gasteiger partial charge in [0.05, 0.1) is 18.4 Å². The van der Waals surface area contributed by atoms with E-state index in [1.165, 1.54) is 12.3 Å². The number of hydrogen-bond acceptors (Lipinski definition) is 6. The van der Waals surface area contributed by atoms with Gasteiger partial charge in [-0.3, -0.25) is 4.79 Å². The number of aromatic hydroxyl groups is 1. The molecule has 0 unspecified atom stereocenters. The second-order valence-corrected chi connectivity index (χ2v) is 7.21. The van der Waals surface area contributed by atoms with Crippen LogP contribution in [0.4, 0.5) is 0 Å². The molecule has 0 saturated heterocycles. The van der Waals surface area contributed by atoms with Crippen molar-refractivity contribution in [2.24, 2.45) is 5.10 Å². The summed E-state index contributed by atoms with van der Waals surface area (Å²) in [5, 5.41) is 24.5. The topological polar surface area (TPSA) is 117 Å². The number of amides is 1. The van der Waals surface area contributed by atoms with Crippen molar-refractivity contribution in [2.45, 2.75) is 6.92 Å². The molecule has 3 rings (SSSR count). The minimum Gasteiger partial charge on any atom is -0.507 e. The highest BCUT2D eigenvalue weighted by Crippen LogP contribution is 2.33. The number of carbonyl (C=O) groups is 2. The average molecular weight is 487 g/mol. The number of nitrogens with one attached hydrogen (secondary N) is 1. The number of aliphatic carboxylic acids is 1. The molecule has 0 spiro atoms. The van der Waals surface area contributed by atoms with E-state index in [0.29, 0.717) is 22.4 Å². The number of benzene rings is 3. The van der Waals surface area contributed by atoms with Gasteiger partial charge in [0.1, 0.15) is 5.75 Å². The summed E-state index contributed by atoms with van der Waals surface area (Å²) in [6.07, 6.45) is 1.39. The summed E-state index contributed by atoms with van der Waals surface area (Å²) in [6.45, 7) is 1.62. The number of hydrazone groups is 1. The summed E-state index contributed by atoms with van der Waals surface area (Å²) < 4.78 is 11.3. The fourth-order valence-electron chi connectivity index (χ4n) is 2.80. The zero-order valence-corrected chi connectivity index (χ0v) is 18.0. The zero-order valence-electron chi connectivity index (χ0n) is 16.5. The van der Waals surface area contributed by atoms with Crippen LogP contribution in [0.1, 0.15) is 22.8 Å². The van der Waals surface area contributed by atoms with Crippen LogP contribution in [0.3, 0.4) is 0 Å². The highest BCUT2D eigenvalue weighted by atomic mass is 79.9. The molecule has 3 aromatic rings. The Kier molecular flexibility index (Phi) is 7.09. The van der Waals surface area contributed by atoms with Gasteiger partial charge in [-0.2, -0.15) is 5.10 Å². The zero-order chi connectivity index (χ0) is 22.4. The van der Waals surface area contributed by atoms with E-state index in [2.05, 4.69) is 26.5 Å². The fraction of sp³-hybridized carbons (Fsp3) is 0.136. The Bertz CT molecular complexity index is 1160. The van der Waals surface area contributed by atoms with Crippen LogP contribution < -0.4 is 14.9 Å². The first kappa shape index (κ1) is 22.1. The molecule has 160 valence electrons. The lowest BCUT2D eigenvalue weighted by molar-refractivity contribution is -0.139. The first-order valence-corrected chi connectivity index (χ1v) is 10.0. The largest absolute Gasteiger partial charge is 0.507 e. The van der Waals surface area contributed by atoms with Gasteiger partial charge in [0.25, 0.3) is 5.91 Å². The highest BCUT2D eigenvalue weighted by Gasteiger charge is 2.13. The van der Waals surface area contributed by atoms with Gasteiger partial charge in [-0.25, -0.2) is 10.2 Å². The number of nitrogens with zero attached hydrogens (tertiary/aromatic N) is 1. The molecule has 3 aromatic carbocycles. The van der Waals surface area contributed by atoms with Crippen LogP contribution in [-0.2, 0) is 4.79 Å². The second-order valence-electron chi connectivity index (χ2n) is 6.35. The van der Waals surface area contributed by atoms with E-state index >= 15 is 0 Å². The van der Waals surface area contributed by atoms with Crippen molar-refractivity contribution >= 4 is 44.8 Å². The molecule has 0 aromatic heterocycles. The van der Waals surface area contributed by atoms with Crippen molar-refractivity contribution in [1.29, 1.82) is 0 Å². The first-order chi connectivity index (χ1) is 14.9. The summed E-state index contributed by atoms with van der Waals surface area (Å²) in [5.74, 6) is -1.22. The van der Waals surface area contributed by atoms with Crippen LogP contribution in [0.15, 0.2) is 58.1 Å². The van der Waals surface area contributed by atoms with E-state index in [1.54, 1.807) is 25.1 Å². The van der Waals surface area contributed by atoms with Gasteiger partial charge in [0.15, 0.2) is 18.1 Å². The molecule has 0 heterocycles. The molecular weight excluding hydrogens is 468 g/mol. The number of carboxylic acids is 1. The van der Waals surface area contributed by atoms with Gasteiger partial charge in [-0.1, -0.05) is 24.3 Å². The van der Waals surface area contributed by atoms with E-state index in [1.807, 2.05) is 24.3 Å². The second kappa shape index (κ2) is 9.94. The van der Waals surface area contributed by atoms with Crippen LogP contribution in [-0.4, -0.2) is 41.5 Å². The number of ether oxygens (including phenoxy) is 2. The molecule has 0 saturated carbocycles. The van der Waals surface area contributed by atoms with Crippen LogP contribution in [0.25, 0.3) is 10.8 Å². The molecule has 9 heteroatoms. The normalized spacial score (nSPS) is 10.9. The van der Waals surface area contributed by atoms with Gasteiger partial charge in [-0.15, -0.1) is 0 Å². The minimum absolute atomic E-state index is 0.0994. The SMILES string of the molecule is CCOc1cc(C=NNC(=O)c2cc3ccccc3cc2O)c(Br)cc1OCC(=O)O. The maximum atomic E-state index is 12.5. The summed E-state index contributed by atoms with van der Waals surface area (Å²) in [4.78, 5) is 23.2. The highest BCUT2D eigenvalue weighted by molar-refractivity contribution is 9.10. The number of hydrogen-bond donors (Lipinski definition) is 3. The number of phenolic OH excluding ortho intramolecular Hbond substituents is 1. The molecular formula is C22H19BrN2O6. The van der Waals surface area contributed by atoms with Gasteiger partial charge >= 0.3 is 5.97 Å². The number of phenols is 1. The number of halogens is 1. The van der Waals surface area contributed by atoms with Crippen molar-refractivity contribution in [3.63, 3.8) is 0 Å². The summed E-state index contributed by atoms with van der Waals surface area (Å²) in [5.41, 5.74) is 3.05. The Morgan fingerprint density at radius 2 is 1.77 bits per heavy atom. The number of fused-ring (bicyclic) bond motifs is 1. The first-order valence-electron chi connectivity index (χ1n) is 9.25. The lowest BCUT2D eigenvalue weighted by Gasteiger charge is -2.12. The van der Waals surface area contributed by atoms with Crippen molar-refractivity contribution in [3.05, 3.63) is 64.1 Å². The third kappa shape index (κ3) is 5.52. The Balaban J connectivity index is 1.78. The number of rotatable bonds is 8. The smallest absolute Gasteiger partial charge is 0.341 e. The van der Waals surface area contributed by atoms with Gasteiger partial charge < -0.3 is 19.7 Å². The minimum atomic E-state index is -1.11. The van der Waals surface area contributed by atoms with E-state index < -0.39 is 18.5 Å². The predicted octanol–water partition coefficient (Wildman–Crippen LogP) is 3.93. The predicted molar refractivity (Wildman–Crippen MR) is 119 cm³/mol. The fourth-order valence-corrected chi connectivity index (χ4v) is 3.23. The van der Waals surface area contributed by atoms with Crippen molar-refractivity contribution in [1.82, 2.24) is 5.43 Å². The molecule has 0 radical (unpaired) electrons. The van der Waals surface area contributed by atoms with Gasteiger partial charge in [0.2, 0.25) is 0 Å². The Morgan fingerprint density at radius 1 is 1.10 bits per heavy atom. The lowest BCUT2D eigenvalue weighted by atomic mass is 10.1. The van der Waals surface area contributed by atoms with Crippen LogP contribution in [0.2, 0.25) is 0 Å². The summed E-state index contributed by atoms with van der Waals surface area (Å²) >= 11 is 3.36. The monoisotopic (exact) mass is 486 g/mol. The molecule has 0 aliphatic rings. The van der Waals surface area contributed by atoms with Crippen molar-refractivity contribution < 1.29 is 29.3 Å². The maximum absolute atomic E-state index is 12.5. The summed E-state index contributed by atoms with van der Waals surface area (Å²) in [7, 11) is 0. The molecule has 1 amide bonds. The average Bonchev–Trinajstić information content (AvgIpc) is 2.74. The van der Waals surface area contributed by atoms with Crippen LogP contribution >= 0.6 is 15.9 Å². The molecule has 3 N–H and O–H groups in total. The quantitative estimate of drug-likeness (QED) is 0.328. The Labute approximate surface area is 186 Å². The Morgan fingerprint density at radius 3 is 2.45 bits per heavy atom. The van der Waals surface area contributed by atoms with E-state index in [4.69, 9.17) is 14.6 Å². The van der Waals surface area contributed by atoms with Crippen molar-refractivity contribution in [3.8, 4) is 17.2 Å². The molecule has 8 nitrogen and oxygen atoms in total. The number of carboxylic acid groups (broad SMARTS) is 1. The summed E-state index contributed by atoms with van der Waals surface area (Å²) in [6, 6.07) is 13.7. The number of carbonyl (C=O) groups excluding carboxylic acids is 1. The van der Waals surface area contributed by atoms with E-state index in [-0.39, 0.29) is 17.1 Å². The van der Waals surface area contributed by atoms with Crippen LogP contribution in [0, 0.1) is 0 Å². The lowest BCUT2D eigenvalue weighted by Crippen LogP contribution is -2.17. The molecule has 31 heavy (non-hydrogen) atoms. The molecule has 0 fully saturated rings.